The van der Waals surface area contributed by atoms with Gasteiger partial charge in [0.1, 0.15) is 5.15 Å². The molecule has 0 bridgehead atoms. The van der Waals surface area contributed by atoms with E-state index in [9.17, 15) is 9.59 Å². The number of hydrogen-bond acceptors (Lipinski definition) is 3. The first-order valence-electron chi connectivity index (χ1n) is 5.34. The molecule has 2 N–H and O–H groups in total. The van der Waals surface area contributed by atoms with E-state index in [-0.39, 0.29) is 17.7 Å². The van der Waals surface area contributed by atoms with E-state index in [4.69, 9.17) is 11.6 Å². The zero-order chi connectivity index (χ0) is 12.3. The van der Waals surface area contributed by atoms with Crippen LogP contribution in [-0.4, -0.2) is 23.3 Å². The zero-order valence-electron chi connectivity index (χ0n) is 9.07. The first kappa shape index (κ1) is 11.9. The van der Waals surface area contributed by atoms with Crippen LogP contribution in [0.5, 0.6) is 0 Å². The summed E-state index contributed by atoms with van der Waals surface area (Å²) in [6, 6.07) is 3.30. The fourth-order valence-corrected chi connectivity index (χ4v) is 1.76. The van der Waals surface area contributed by atoms with E-state index in [2.05, 4.69) is 15.6 Å². The number of pyridine rings is 1. The number of piperidine rings is 1. The van der Waals surface area contributed by atoms with Crippen LogP contribution in [0.15, 0.2) is 18.3 Å². The van der Waals surface area contributed by atoms with Crippen molar-refractivity contribution in [2.24, 2.45) is 5.92 Å². The third kappa shape index (κ3) is 3.17. The van der Waals surface area contributed by atoms with Crippen molar-refractivity contribution in [3.05, 3.63) is 23.5 Å². The molecule has 2 amide bonds. The van der Waals surface area contributed by atoms with Gasteiger partial charge in [0, 0.05) is 13.0 Å². The topological polar surface area (TPSA) is 71.1 Å². The second-order valence-corrected chi connectivity index (χ2v) is 4.29. The van der Waals surface area contributed by atoms with Crippen molar-refractivity contribution in [2.75, 3.05) is 11.9 Å². The second-order valence-electron chi connectivity index (χ2n) is 3.90. The highest BCUT2D eigenvalue weighted by Gasteiger charge is 2.24. The van der Waals surface area contributed by atoms with Gasteiger partial charge in [0.05, 0.1) is 17.8 Å². The lowest BCUT2D eigenvalue weighted by Crippen LogP contribution is -2.40. The van der Waals surface area contributed by atoms with Crippen molar-refractivity contribution in [3.8, 4) is 0 Å². The Bertz CT molecular complexity index is 423. The predicted molar refractivity (Wildman–Crippen MR) is 63.6 cm³/mol. The number of carbonyl (C=O) groups excluding carboxylic acids is 2. The van der Waals surface area contributed by atoms with Crippen LogP contribution < -0.4 is 10.6 Å². The highest BCUT2D eigenvalue weighted by Crippen LogP contribution is 2.15. The van der Waals surface area contributed by atoms with Crippen LogP contribution in [0.2, 0.25) is 5.15 Å². The molecule has 1 atom stereocenters. The number of hydrogen-bond donors (Lipinski definition) is 2. The zero-order valence-corrected chi connectivity index (χ0v) is 9.83. The standard InChI is InChI=1S/C11H12ClN3O2/c12-9-3-2-8(6-13-9)15-11(17)7-1-4-10(16)14-5-7/h2-3,6-7H,1,4-5H2,(H,14,16)(H,15,17). The Labute approximate surface area is 104 Å². The Morgan fingerprint density at radius 1 is 1.53 bits per heavy atom. The third-order valence-electron chi connectivity index (χ3n) is 2.63. The molecule has 0 aromatic carbocycles. The lowest BCUT2D eigenvalue weighted by atomic mass is 9.98. The quantitative estimate of drug-likeness (QED) is 0.778. The number of halogens is 1. The van der Waals surface area contributed by atoms with Crippen LogP contribution in [0.25, 0.3) is 0 Å². The number of carbonyl (C=O) groups is 2. The SMILES string of the molecule is O=C1CCC(C(=O)Nc2ccc(Cl)nc2)CN1. The van der Waals surface area contributed by atoms with Crippen molar-refractivity contribution in [2.45, 2.75) is 12.8 Å². The van der Waals surface area contributed by atoms with E-state index < -0.39 is 0 Å². The van der Waals surface area contributed by atoms with Crippen molar-refractivity contribution < 1.29 is 9.59 Å². The third-order valence-corrected chi connectivity index (χ3v) is 2.85. The van der Waals surface area contributed by atoms with Gasteiger partial charge in [-0.1, -0.05) is 11.6 Å². The van der Waals surface area contributed by atoms with Gasteiger partial charge in [-0.25, -0.2) is 4.98 Å². The monoisotopic (exact) mass is 253 g/mol. The normalized spacial score (nSPS) is 19.6. The smallest absolute Gasteiger partial charge is 0.229 e. The van der Waals surface area contributed by atoms with Crippen LogP contribution >= 0.6 is 11.6 Å². The maximum absolute atomic E-state index is 11.8. The van der Waals surface area contributed by atoms with E-state index in [1.165, 1.54) is 6.20 Å². The van der Waals surface area contributed by atoms with Crippen LogP contribution in [0, 0.1) is 5.92 Å². The molecular weight excluding hydrogens is 242 g/mol. The summed E-state index contributed by atoms with van der Waals surface area (Å²) in [6.45, 7) is 0.395. The second kappa shape index (κ2) is 5.14. The summed E-state index contributed by atoms with van der Waals surface area (Å²) in [7, 11) is 0. The van der Waals surface area contributed by atoms with Gasteiger partial charge < -0.3 is 10.6 Å². The van der Waals surface area contributed by atoms with Crippen LogP contribution in [-0.2, 0) is 9.59 Å². The van der Waals surface area contributed by atoms with Gasteiger partial charge in [0.15, 0.2) is 0 Å². The number of amides is 2. The highest BCUT2D eigenvalue weighted by atomic mass is 35.5. The molecule has 17 heavy (non-hydrogen) atoms. The Morgan fingerprint density at radius 2 is 2.35 bits per heavy atom. The lowest BCUT2D eigenvalue weighted by molar-refractivity contribution is -0.126. The Balaban J connectivity index is 1.92. The lowest BCUT2D eigenvalue weighted by Gasteiger charge is -2.21. The minimum absolute atomic E-state index is 0.00205. The van der Waals surface area contributed by atoms with Crippen molar-refractivity contribution in [3.63, 3.8) is 0 Å². The van der Waals surface area contributed by atoms with E-state index in [1.807, 2.05) is 0 Å². The Hall–Kier alpha value is -1.62. The molecule has 1 aliphatic heterocycles. The van der Waals surface area contributed by atoms with E-state index in [0.29, 0.717) is 30.2 Å². The van der Waals surface area contributed by atoms with Gasteiger partial charge in [0.25, 0.3) is 0 Å². The molecule has 6 heteroatoms. The van der Waals surface area contributed by atoms with Gasteiger partial charge in [-0.2, -0.15) is 0 Å². The Morgan fingerprint density at radius 3 is 2.94 bits per heavy atom. The average molecular weight is 254 g/mol. The van der Waals surface area contributed by atoms with E-state index in [0.717, 1.165) is 0 Å². The van der Waals surface area contributed by atoms with E-state index in [1.54, 1.807) is 12.1 Å². The molecule has 0 spiro atoms. The number of nitrogens with one attached hydrogen (secondary N) is 2. The molecule has 1 unspecified atom stereocenters. The van der Waals surface area contributed by atoms with Gasteiger partial charge in [-0.05, 0) is 18.6 Å². The number of aromatic nitrogens is 1. The predicted octanol–water partition coefficient (Wildman–Crippen LogP) is 1.20. The molecular formula is C11H12ClN3O2. The maximum Gasteiger partial charge on any atom is 0.229 e. The largest absolute Gasteiger partial charge is 0.355 e. The number of anilines is 1. The average Bonchev–Trinajstić information content (AvgIpc) is 2.33. The van der Waals surface area contributed by atoms with Gasteiger partial charge in [-0.3, -0.25) is 9.59 Å². The highest BCUT2D eigenvalue weighted by molar-refractivity contribution is 6.29. The summed E-state index contributed by atoms with van der Waals surface area (Å²) in [5.74, 6) is -0.278. The summed E-state index contributed by atoms with van der Waals surface area (Å²) in [4.78, 5) is 26.7. The summed E-state index contributed by atoms with van der Waals surface area (Å²) in [5.41, 5.74) is 0.608. The Kier molecular flexibility index (Phi) is 3.58. The first-order chi connectivity index (χ1) is 8.15. The molecule has 1 fully saturated rings. The van der Waals surface area contributed by atoms with Crippen molar-refractivity contribution in [1.29, 1.82) is 0 Å². The molecule has 2 heterocycles. The fraction of sp³-hybridized carbons (Fsp3) is 0.364. The molecule has 1 aromatic rings. The van der Waals surface area contributed by atoms with Crippen molar-refractivity contribution in [1.82, 2.24) is 10.3 Å². The van der Waals surface area contributed by atoms with E-state index >= 15 is 0 Å². The molecule has 5 nitrogen and oxygen atoms in total. The fourth-order valence-electron chi connectivity index (χ4n) is 1.65. The molecule has 2 rings (SSSR count). The van der Waals surface area contributed by atoms with Crippen LogP contribution in [0.1, 0.15) is 12.8 Å². The first-order valence-corrected chi connectivity index (χ1v) is 5.72. The molecule has 0 aliphatic carbocycles. The summed E-state index contributed by atoms with van der Waals surface area (Å²) in [5, 5.41) is 5.80. The molecule has 1 aromatic heterocycles. The van der Waals surface area contributed by atoms with Gasteiger partial charge in [0.2, 0.25) is 11.8 Å². The van der Waals surface area contributed by atoms with Gasteiger partial charge >= 0.3 is 0 Å². The molecule has 90 valence electrons. The maximum atomic E-state index is 11.8. The van der Waals surface area contributed by atoms with Crippen molar-refractivity contribution >= 4 is 29.1 Å². The molecule has 1 saturated heterocycles. The minimum Gasteiger partial charge on any atom is -0.355 e. The molecule has 0 saturated carbocycles. The number of rotatable bonds is 2. The minimum atomic E-state index is -0.177. The summed E-state index contributed by atoms with van der Waals surface area (Å²) < 4.78 is 0. The van der Waals surface area contributed by atoms with Crippen LogP contribution in [0.4, 0.5) is 5.69 Å². The van der Waals surface area contributed by atoms with Crippen LogP contribution in [0.3, 0.4) is 0 Å². The van der Waals surface area contributed by atoms with Gasteiger partial charge in [-0.15, -0.1) is 0 Å². The molecule has 1 aliphatic rings. The summed E-state index contributed by atoms with van der Waals surface area (Å²) in [6.07, 6.45) is 2.48. The number of nitrogens with zero attached hydrogens (tertiary/aromatic N) is 1. The molecule has 0 radical (unpaired) electrons. The summed E-state index contributed by atoms with van der Waals surface area (Å²) >= 11 is 5.64.